The molecule has 1 amide bonds. The van der Waals surface area contributed by atoms with Gasteiger partial charge in [0.2, 0.25) is 0 Å². The Hall–Kier alpha value is -1.06. The quantitative estimate of drug-likeness (QED) is 0.737. The molecule has 16 heavy (non-hydrogen) atoms. The van der Waals surface area contributed by atoms with Gasteiger partial charge in [0.25, 0.3) is 5.91 Å². The summed E-state index contributed by atoms with van der Waals surface area (Å²) in [5, 5.41) is 0. The van der Waals surface area contributed by atoms with Crippen LogP contribution in [-0.2, 0) is 4.74 Å². The Morgan fingerprint density at radius 1 is 1.44 bits per heavy atom. The molecule has 1 atom stereocenters. The van der Waals surface area contributed by atoms with Crippen molar-refractivity contribution in [1.29, 1.82) is 0 Å². The number of rotatable bonds is 2. The van der Waals surface area contributed by atoms with E-state index in [4.69, 9.17) is 16.3 Å². The molecule has 1 unspecified atom stereocenters. The molecular formula is C12H14ClNO2. The first kappa shape index (κ1) is 11.4. The number of halogens is 1. The van der Waals surface area contributed by atoms with Crippen molar-refractivity contribution < 1.29 is 9.53 Å². The predicted molar refractivity (Wildman–Crippen MR) is 62.8 cm³/mol. The monoisotopic (exact) mass is 239 g/mol. The van der Waals surface area contributed by atoms with Crippen LogP contribution >= 0.6 is 11.6 Å². The molecule has 4 heteroatoms. The van der Waals surface area contributed by atoms with Gasteiger partial charge in [0.1, 0.15) is 0 Å². The molecule has 0 radical (unpaired) electrons. The van der Waals surface area contributed by atoms with Gasteiger partial charge >= 0.3 is 0 Å². The molecule has 1 heterocycles. The minimum Gasteiger partial charge on any atom is -0.377 e. The number of alkyl halides is 1. The Kier molecular flexibility index (Phi) is 3.80. The van der Waals surface area contributed by atoms with Crippen LogP contribution in [0.4, 0.5) is 0 Å². The van der Waals surface area contributed by atoms with E-state index in [9.17, 15) is 4.79 Å². The van der Waals surface area contributed by atoms with Gasteiger partial charge in [-0.2, -0.15) is 0 Å². The van der Waals surface area contributed by atoms with E-state index in [0.29, 0.717) is 31.2 Å². The van der Waals surface area contributed by atoms with Crippen LogP contribution in [0.15, 0.2) is 30.3 Å². The average Bonchev–Trinajstić information content (AvgIpc) is 2.39. The van der Waals surface area contributed by atoms with Crippen molar-refractivity contribution in [2.75, 3.05) is 25.6 Å². The van der Waals surface area contributed by atoms with Crippen LogP contribution in [0.3, 0.4) is 0 Å². The van der Waals surface area contributed by atoms with Gasteiger partial charge in [-0.25, -0.2) is 0 Å². The van der Waals surface area contributed by atoms with E-state index >= 15 is 0 Å². The summed E-state index contributed by atoms with van der Waals surface area (Å²) in [6, 6.07) is 9.26. The van der Waals surface area contributed by atoms with Crippen LogP contribution in [0.1, 0.15) is 10.4 Å². The predicted octanol–water partition coefficient (Wildman–Crippen LogP) is 1.77. The van der Waals surface area contributed by atoms with Gasteiger partial charge in [-0.05, 0) is 12.1 Å². The smallest absolute Gasteiger partial charge is 0.254 e. The van der Waals surface area contributed by atoms with Crippen molar-refractivity contribution in [2.24, 2.45) is 0 Å². The van der Waals surface area contributed by atoms with Gasteiger partial charge in [0.05, 0.1) is 19.3 Å². The maximum Gasteiger partial charge on any atom is 0.254 e. The summed E-state index contributed by atoms with van der Waals surface area (Å²) >= 11 is 5.83. The van der Waals surface area contributed by atoms with Crippen LogP contribution in [0.2, 0.25) is 0 Å². The van der Waals surface area contributed by atoms with Crippen LogP contribution in [0, 0.1) is 0 Å². The van der Waals surface area contributed by atoms with Crippen LogP contribution < -0.4 is 0 Å². The number of morpholine rings is 1. The Labute approximate surface area is 100.0 Å². The second-order valence-corrected chi connectivity index (χ2v) is 4.06. The van der Waals surface area contributed by atoms with Gasteiger partial charge in [-0.3, -0.25) is 4.79 Å². The molecule has 2 rings (SSSR count). The number of carbonyl (C=O) groups excluding carboxylic acids is 1. The van der Waals surface area contributed by atoms with Crippen molar-refractivity contribution in [3.05, 3.63) is 35.9 Å². The molecule has 3 nitrogen and oxygen atoms in total. The number of benzene rings is 1. The van der Waals surface area contributed by atoms with Gasteiger partial charge in [-0.1, -0.05) is 18.2 Å². The Bertz CT molecular complexity index is 355. The molecule has 0 bridgehead atoms. The highest BCUT2D eigenvalue weighted by atomic mass is 35.5. The summed E-state index contributed by atoms with van der Waals surface area (Å²) in [6.07, 6.45) is 0. The highest BCUT2D eigenvalue weighted by Crippen LogP contribution is 2.13. The third-order valence-electron chi connectivity index (χ3n) is 2.69. The molecule has 0 aromatic heterocycles. The van der Waals surface area contributed by atoms with Crippen LogP contribution in [0.5, 0.6) is 0 Å². The molecule has 1 aliphatic heterocycles. The Balaban J connectivity index is 2.14. The first-order chi connectivity index (χ1) is 7.83. The molecule has 1 saturated heterocycles. The lowest BCUT2D eigenvalue weighted by molar-refractivity contribution is 0.00456. The molecular weight excluding hydrogens is 226 g/mol. The lowest BCUT2D eigenvalue weighted by Gasteiger charge is -2.34. The summed E-state index contributed by atoms with van der Waals surface area (Å²) in [5.41, 5.74) is 0.708. The molecule has 1 aromatic rings. The first-order valence-electron chi connectivity index (χ1n) is 5.32. The lowest BCUT2D eigenvalue weighted by atomic mass is 10.1. The van der Waals surface area contributed by atoms with Crippen LogP contribution in [-0.4, -0.2) is 42.5 Å². The average molecular weight is 240 g/mol. The number of ether oxygens (including phenoxy) is 1. The summed E-state index contributed by atoms with van der Waals surface area (Å²) in [7, 11) is 0. The summed E-state index contributed by atoms with van der Waals surface area (Å²) in [6.45, 7) is 1.74. The van der Waals surface area contributed by atoms with E-state index in [1.54, 1.807) is 4.90 Å². The maximum atomic E-state index is 12.2. The second kappa shape index (κ2) is 5.32. The molecule has 0 aliphatic carbocycles. The minimum absolute atomic E-state index is 0.0110. The standard InChI is InChI=1S/C12H14ClNO2/c13-8-11-9-16-7-6-14(11)12(15)10-4-2-1-3-5-10/h1-5,11H,6-9H2. The van der Waals surface area contributed by atoms with E-state index in [0.717, 1.165) is 0 Å². The number of hydrogen-bond acceptors (Lipinski definition) is 2. The topological polar surface area (TPSA) is 29.5 Å². The van der Waals surface area contributed by atoms with Gasteiger partial charge < -0.3 is 9.64 Å². The number of nitrogens with zero attached hydrogens (tertiary/aromatic N) is 1. The highest BCUT2D eigenvalue weighted by Gasteiger charge is 2.27. The van der Waals surface area contributed by atoms with E-state index < -0.39 is 0 Å². The Morgan fingerprint density at radius 2 is 2.19 bits per heavy atom. The fraction of sp³-hybridized carbons (Fsp3) is 0.417. The molecule has 0 saturated carbocycles. The second-order valence-electron chi connectivity index (χ2n) is 3.75. The highest BCUT2D eigenvalue weighted by molar-refractivity contribution is 6.18. The fourth-order valence-corrected chi connectivity index (χ4v) is 2.05. The third-order valence-corrected chi connectivity index (χ3v) is 3.04. The van der Waals surface area contributed by atoms with Crippen molar-refractivity contribution in [3.8, 4) is 0 Å². The van der Waals surface area contributed by atoms with Crippen LogP contribution in [0.25, 0.3) is 0 Å². The molecule has 1 fully saturated rings. The summed E-state index contributed by atoms with van der Waals surface area (Å²) in [5.74, 6) is 0.452. The minimum atomic E-state index is -0.0110. The maximum absolute atomic E-state index is 12.2. The van der Waals surface area contributed by atoms with Crippen molar-refractivity contribution in [3.63, 3.8) is 0 Å². The lowest BCUT2D eigenvalue weighted by Crippen LogP contribution is -2.49. The molecule has 0 spiro atoms. The number of amides is 1. The molecule has 0 N–H and O–H groups in total. The normalized spacial score (nSPS) is 20.8. The van der Waals surface area contributed by atoms with E-state index in [2.05, 4.69) is 0 Å². The first-order valence-corrected chi connectivity index (χ1v) is 5.86. The molecule has 1 aliphatic rings. The molecule has 86 valence electrons. The summed E-state index contributed by atoms with van der Waals surface area (Å²) in [4.78, 5) is 14.0. The van der Waals surface area contributed by atoms with Gasteiger partial charge in [0, 0.05) is 18.0 Å². The zero-order valence-electron chi connectivity index (χ0n) is 8.93. The zero-order chi connectivity index (χ0) is 11.4. The number of carbonyl (C=O) groups is 1. The van der Waals surface area contributed by atoms with Gasteiger partial charge in [0.15, 0.2) is 0 Å². The largest absolute Gasteiger partial charge is 0.377 e. The zero-order valence-corrected chi connectivity index (χ0v) is 9.69. The van der Waals surface area contributed by atoms with E-state index in [1.165, 1.54) is 0 Å². The Morgan fingerprint density at radius 3 is 2.88 bits per heavy atom. The number of hydrogen-bond donors (Lipinski definition) is 0. The van der Waals surface area contributed by atoms with Crippen molar-refractivity contribution >= 4 is 17.5 Å². The SMILES string of the molecule is O=C(c1ccccc1)N1CCOCC1CCl. The summed E-state index contributed by atoms with van der Waals surface area (Å²) < 4.78 is 5.31. The van der Waals surface area contributed by atoms with Crippen molar-refractivity contribution in [2.45, 2.75) is 6.04 Å². The molecule has 1 aromatic carbocycles. The van der Waals surface area contributed by atoms with E-state index in [1.807, 2.05) is 30.3 Å². The van der Waals surface area contributed by atoms with Crippen molar-refractivity contribution in [1.82, 2.24) is 4.90 Å². The fourth-order valence-electron chi connectivity index (χ4n) is 1.80. The third kappa shape index (κ3) is 2.36. The van der Waals surface area contributed by atoms with E-state index in [-0.39, 0.29) is 11.9 Å². The van der Waals surface area contributed by atoms with Gasteiger partial charge in [-0.15, -0.1) is 11.6 Å².